The molecule has 0 unspecified atom stereocenters. The Morgan fingerprint density at radius 2 is 1.64 bits per heavy atom. The number of nitrogens with one attached hydrogen (secondary N) is 1. The van der Waals surface area contributed by atoms with E-state index < -0.39 is 29.6 Å². The number of rotatable bonds is 2. The van der Waals surface area contributed by atoms with Crippen molar-refractivity contribution < 1.29 is 27.6 Å². The van der Waals surface area contributed by atoms with E-state index in [0.29, 0.717) is 12.8 Å². The fourth-order valence-corrected chi connectivity index (χ4v) is 3.10. The average molecular weight is 352 g/mol. The number of amides is 4. The number of halogens is 3. The predicted octanol–water partition coefficient (Wildman–Crippen LogP) is 3.11. The maximum absolute atomic E-state index is 12.6. The van der Waals surface area contributed by atoms with Crippen LogP contribution in [0.15, 0.2) is 29.8 Å². The first-order valence-corrected chi connectivity index (χ1v) is 7.85. The van der Waals surface area contributed by atoms with Crippen molar-refractivity contribution in [2.75, 3.05) is 0 Å². The third-order valence-electron chi connectivity index (χ3n) is 4.37. The van der Waals surface area contributed by atoms with Crippen LogP contribution in [0, 0.1) is 0 Å². The second kappa shape index (κ2) is 6.34. The Morgan fingerprint density at radius 3 is 2.20 bits per heavy atom. The second-order valence-corrected chi connectivity index (χ2v) is 6.05. The monoisotopic (exact) mass is 352 g/mol. The van der Waals surface area contributed by atoms with Gasteiger partial charge >= 0.3 is 12.2 Å². The van der Waals surface area contributed by atoms with Gasteiger partial charge in [-0.3, -0.25) is 19.8 Å². The fourth-order valence-electron chi connectivity index (χ4n) is 3.10. The Morgan fingerprint density at radius 1 is 1.04 bits per heavy atom. The van der Waals surface area contributed by atoms with E-state index in [9.17, 15) is 27.6 Å². The molecule has 1 aromatic carbocycles. The minimum atomic E-state index is -4.46. The molecule has 3 rings (SSSR count). The van der Waals surface area contributed by atoms with Crippen LogP contribution in [0.25, 0.3) is 6.08 Å². The Balaban J connectivity index is 1.89. The number of barbiturate groups is 1. The first-order valence-electron chi connectivity index (χ1n) is 7.85. The van der Waals surface area contributed by atoms with Crippen molar-refractivity contribution in [3.05, 3.63) is 41.0 Å². The van der Waals surface area contributed by atoms with E-state index in [1.54, 1.807) is 0 Å². The molecule has 25 heavy (non-hydrogen) atoms. The lowest BCUT2D eigenvalue weighted by Gasteiger charge is -2.31. The van der Waals surface area contributed by atoms with Gasteiger partial charge in [0, 0.05) is 6.04 Å². The first-order chi connectivity index (χ1) is 11.8. The molecule has 0 bridgehead atoms. The van der Waals surface area contributed by atoms with Crippen LogP contribution in [0.3, 0.4) is 0 Å². The summed E-state index contributed by atoms with van der Waals surface area (Å²) in [6, 6.07) is 3.09. The van der Waals surface area contributed by atoms with Crippen LogP contribution in [0.4, 0.5) is 18.0 Å². The average Bonchev–Trinajstić information content (AvgIpc) is 3.05. The normalized spacial score (nSPS) is 21.2. The Bertz CT molecular complexity index is 747. The molecule has 1 heterocycles. The fraction of sp³-hybridized carbons (Fsp3) is 0.353. The Hall–Kier alpha value is -2.64. The summed E-state index contributed by atoms with van der Waals surface area (Å²) in [4.78, 5) is 37.6. The zero-order valence-corrected chi connectivity index (χ0v) is 13.1. The summed E-state index contributed by atoms with van der Waals surface area (Å²) in [7, 11) is 0. The number of urea groups is 1. The van der Waals surface area contributed by atoms with Crippen molar-refractivity contribution in [3.8, 4) is 0 Å². The van der Waals surface area contributed by atoms with Gasteiger partial charge < -0.3 is 0 Å². The Labute approximate surface area is 141 Å². The highest BCUT2D eigenvalue weighted by Gasteiger charge is 2.40. The molecule has 0 spiro atoms. The summed E-state index contributed by atoms with van der Waals surface area (Å²) >= 11 is 0. The van der Waals surface area contributed by atoms with E-state index in [4.69, 9.17) is 0 Å². The lowest BCUT2D eigenvalue weighted by molar-refractivity contribution is -0.137. The number of hydrogen-bond acceptors (Lipinski definition) is 3. The predicted molar refractivity (Wildman–Crippen MR) is 82.1 cm³/mol. The standard InChI is InChI=1S/C17H15F3N2O3/c18-17(19,20)11-7-5-10(6-8-11)9-13-14(23)21-16(25)22(15(13)24)12-3-1-2-4-12/h5-9,12H,1-4H2,(H,21,23,25)/b13-9+. The van der Waals surface area contributed by atoms with Crippen LogP contribution in [-0.2, 0) is 15.8 Å². The van der Waals surface area contributed by atoms with E-state index in [1.165, 1.54) is 18.2 Å². The van der Waals surface area contributed by atoms with Gasteiger partial charge in [0.25, 0.3) is 11.8 Å². The zero-order chi connectivity index (χ0) is 18.2. The van der Waals surface area contributed by atoms with Gasteiger partial charge in [-0.25, -0.2) is 4.79 Å². The molecule has 0 radical (unpaired) electrons. The van der Waals surface area contributed by atoms with Crippen LogP contribution in [0.2, 0.25) is 0 Å². The van der Waals surface area contributed by atoms with Gasteiger partial charge in [-0.15, -0.1) is 0 Å². The third kappa shape index (κ3) is 3.42. The number of hydrogen-bond donors (Lipinski definition) is 1. The van der Waals surface area contributed by atoms with Crippen molar-refractivity contribution in [2.45, 2.75) is 37.9 Å². The van der Waals surface area contributed by atoms with Crippen molar-refractivity contribution >= 4 is 23.9 Å². The molecule has 0 atom stereocenters. The van der Waals surface area contributed by atoms with Crippen molar-refractivity contribution in [1.82, 2.24) is 10.2 Å². The molecule has 2 aliphatic rings. The summed E-state index contributed by atoms with van der Waals surface area (Å²) in [6.07, 6.45) is -0.106. The molecule has 0 aromatic heterocycles. The van der Waals surface area contributed by atoms with Crippen LogP contribution < -0.4 is 5.32 Å². The Kier molecular flexibility index (Phi) is 4.36. The smallest absolute Gasteiger partial charge is 0.273 e. The summed E-state index contributed by atoms with van der Waals surface area (Å²) < 4.78 is 37.8. The molecule has 132 valence electrons. The molecule has 5 nitrogen and oxygen atoms in total. The number of carbonyl (C=O) groups excluding carboxylic acids is 3. The van der Waals surface area contributed by atoms with Crippen LogP contribution in [0.5, 0.6) is 0 Å². The molecule has 2 fully saturated rings. The topological polar surface area (TPSA) is 66.5 Å². The van der Waals surface area contributed by atoms with E-state index in [2.05, 4.69) is 5.32 Å². The lowest BCUT2D eigenvalue weighted by Crippen LogP contribution is -2.57. The minimum absolute atomic E-state index is 0.253. The van der Waals surface area contributed by atoms with Gasteiger partial charge in [-0.05, 0) is 36.6 Å². The molecule has 4 amide bonds. The third-order valence-corrected chi connectivity index (χ3v) is 4.37. The highest BCUT2D eigenvalue weighted by molar-refractivity contribution is 6.31. The van der Waals surface area contributed by atoms with Crippen LogP contribution in [0.1, 0.15) is 36.8 Å². The quantitative estimate of drug-likeness (QED) is 0.657. The molecule has 1 saturated heterocycles. The molecule has 1 saturated carbocycles. The van der Waals surface area contributed by atoms with E-state index in [-0.39, 0.29) is 17.2 Å². The summed E-state index contributed by atoms with van der Waals surface area (Å²) in [5, 5.41) is 2.12. The number of carbonyl (C=O) groups is 3. The summed E-state index contributed by atoms with van der Waals surface area (Å²) in [5.74, 6) is -1.55. The molecule has 1 aliphatic heterocycles. The van der Waals surface area contributed by atoms with Crippen molar-refractivity contribution in [3.63, 3.8) is 0 Å². The van der Waals surface area contributed by atoms with Gasteiger partial charge in [0.05, 0.1) is 5.56 Å². The van der Waals surface area contributed by atoms with E-state index >= 15 is 0 Å². The van der Waals surface area contributed by atoms with E-state index in [0.717, 1.165) is 29.9 Å². The van der Waals surface area contributed by atoms with E-state index in [1.807, 2.05) is 0 Å². The highest BCUT2D eigenvalue weighted by Crippen LogP contribution is 2.30. The van der Waals surface area contributed by atoms with Gasteiger partial charge in [-0.2, -0.15) is 13.2 Å². The maximum Gasteiger partial charge on any atom is 0.416 e. The van der Waals surface area contributed by atoms with Crippen molar-refractivity contribution in [2.24, 2.45) is 0 Å². The van der Waals surface area contributed by atoms with Crippen LogP contribution >= 0.6 is 0 Å². The first kappa shape index (κ1) is 17.2. The van der Waals surface area contributed by atoms with Gasteiger partial charge in [0.15, 0.2) is 0 Å². The molecule has 1 aliphatic carbocycles. The second-order valence-electron chi connectivity index (χ2n) is 6.05. The molecular weight excluding hydrogens is 337 g/mol. The number of nitrogens with zero attached hydrogens (tertiary/aromatic N) is 1. The minimum Gasteiger partial charge on any atom is -0.273 e. The summed E-state index contributed by atoms with van der Waals surface area (Å²) in [5.41, 5.74) is -0.810. The molecule has 8 heteroatoms. The van der Waals surface area contributed by atoms with Gasteiger partial charge in [0.2, 0.25) is 0 Å². The lowest BCUT2D eigenvalue weighted by atomic mass is 10.0. The highest BCUT2D eigenvalue weighted by atomic mass is 19.4. The summed E-state index contributed by atoms with van der Waals surface area (Å²) in [6.45, 7) is 0. The molecule has 1 N–H and O–H groups in total. The SMILES string of the molecule is O=C1NC(=O)N(C2CCCC2)C(=O)/C1=C/c1ccc(C(F)(F)F)cc1. The van der Waals surface area contributed by atoms with Crippen LogP contribution in [-0.4, -0.2) is 28.8 Å². The number of imide groups is 2. The molecule has 1 aromatic rings. The van der Waals surface area contributed by atoms with Gasteiger partial charge in [0.1, 0.15) is 5.57 Å². The van der Waals surface area contributed by atoms with Crippen molar-refractivity contribution in [1.29, 1.82) is 0 Å². The zero-order valence-electron chi connectivity index (χ0n) is 13.1. The largest absolute Gasteiger partial charge is 0.416 e. The van der Waals surface area contributed by atoms with Gasteiger partial charge in [-0.1, -0.05) is 25.0 Å². The maximum atomic E-state index is 12.6. The number of alkyl halides is 3. The molecular formula is C17H15F3N2O3. The number of benzene rings is 1.